The minimum atomic E-state index is -0.00820. The SMILES string of the molecule is CCOCOC1CC(C)(C)c2ccc(Br)cc2C1(C)C. The second-order valence-electron chi connectivity index (χ2n) is 6.77. The Bertz CT molecular complexity index is 480. The van der Waals surface area contributed by atoms with Crippen LogP contribution in [0.15, 0.2) is 22.7 Å². The zero-order valence-electron chi connectivity index (χ0n) is 13.1. The Hall–Kier alpha value is -0.380. The van der Waals surface area contributed by atoms with E-state index in [0.29, 0.717) is 13.4 Å². The summed E-state index contributed by atoms with van der Waals surface area (Å²) in [6, 6.07) is 6.63. The molecule has 1 aromatic carbocycles. The molecule has 1 atom stereocenters. The lowest BCUT2D eigenvalue weighted by molar-refractivity contribution is -0.117. The Labute approximate surface area is 131 Å². The van der Waals surface area contributed by atoms with E-state index in [1.165, 1.54) is 11.1 Å². The molecule has 0 fully saturated rings. The molecule has 2 rings (SSSR count). The Morgan fingerprint density at radius 1 is 1.20 bits per heavy atom. The van der Waals surface area contributed by atoms with Crippen molar-refractivity contribution in [3.05, 3.63) is 33.8 Å². The maximum atomic E-state index is 6.03. The van der Waals surface area contributed by atoms with Gasteiger partial charge in [-0.1, -0.05) is 49.7 Å². The summed E-state index contributed by atoms with van der Waals surface area (Å²) in [4.78, 5) is 0. The first-order valence-electron chi connectivity index (χ1n) is 7.29. The quantitative estimate of drug-likeness (QED) is 0.579. The van der Waals surface area contributed by atoms with Crippen molar-refractivity contribution in [1.82, 2.24) is 0 Å². The molecular weight excluding hydrogens is 316 g/mol. The van der Waals surface area contributed by atoms with Crippen molar-refractivity contribution in [3.63, 3.8) is 0 Å². The minimum Gasteiger partial charge on any atom is -0.356 e. The van der Waals surface area contributed by atoms with Crippen LogP contribution in [-0.2, 0) is 20.3 Å². The molecule has 0 bridgehead atoms. The van der Waals surface area contributed by atoms with Gasteiger partial charge < -0.3 is 9.47 Å². The molecule has 1 aromatic rings. The van der Waals surface area contributed by atoms with E-state index in [0.717, 1.165) is 10.9 Å². The smallest absolute Gasteiger partial charge is 0.147 e. The molecule has 0 N–H and O–H groups in total. The maximum absolute atomic E-state index is 6.03. The Morgan fingerprint density at radius 2 is 1.90 bits per heavy atom. The Morgan fingerprint density at radius 3 is 2.55 bits per heavy atom. The highest BCUT2D eigenvalue weighted by atomic mass is 79.9. The Balaban J connectivity index is 2.37. The van der Waals surface area contributed by atoms with Gasteiger partial charge in [0.25, 0.3) is 0 Å². The second-order valence-corrected chi connectivity index (χ2v) is 7.68. The molecule has 0 heterocycles. The van der Waals surface area contributed by atoms with E-state index < -0.39 is 0 Å². The summed E-state index contributed by atoms with van der Waals surface area (Å²) < 4.78 is 12.5. The van der Waals surface area contributed by atoms with Gasteiger partial charge in [-0.25, -0.2) is 0 Å². The van der Waals surface area contributed by atoms with Crippen LogP contribution in [0.2, 0.25) is 0 Å². The average molecular weight is 341 g/mol. The summed E-state index contributed by atoms with van der Waals surface area (Å²) in [6.45, 7) is 12.2. The summed E-state index contributed by atoms with van der Waals surface area (Å²) in [6.07, 6.45) is 1.19. The number of halogens is 1. The van der Waals surface area contributed by atoms with Gasteiger partial charge in [-0.2, -0.15) is 0 Å². The molecule has 0 spiro atoms. The predicted molar refractivity (Wildman–Crippen MR) is 86.2 cm³/mol. The summed E-state index contributed by atoms with van der Waals surface area (Å²) in [7, 11) is 0. The van der Waals surface area contributed by atoms with Crippen LogP contribution in [0, 0.1) is 0 Å². The fraction of sp³-hybridized carbons (Fsp3) is 0.647. The van der Waals surface area contributed by atoms with E-state index in [1.54, 1.807) is 0 Å². The Kier molecular flexibility index (Phi) is 4.63. The molecule has 0 saturated carbocycles. The van der Waals surface area contributed by atoms with Crippen molar-refractivity contribution in [2.45, 2.75) is 58.0 Å². The minimum absolute atomic E-state index is 0.00820. The highest BCUT2D eigenvalue weighted by molar-refractivity contribution is 9.10. The third kappa shape index (κ3) is 2.95. The van der Waals surface area contributed by atoms with Gasteiger partial charge in [0.05, 0.1) is 6.10 Å². The lowest BCUT2D eigenvalue weighted by Gasteiger charge is -2.47. The molecule has 0 saturated heterocycles. The summed E-state index contributed by atoms with van der Waals surface area (Å²) >= 11 is 3.60. The normalized spacial score (nSPS) is 23.4. The molecule has 2 nitrogen and oxygen atoms in total. The van der Waals surface area contributed by atoms with Crippen LogP contribution in [0.5, 0.6) is 0 Å². The monoisotopic (exact) mass is 340 g/mol. The molecule has 0 amide bonds. The van der Waals surface area contributed by atoms with Crippen molar-refractivity contribution >= 4 is 15.9 Å². The number of hydrogen-bond donors (Lipinski definition) is 0. The molecule has 0 aromatic heterocycles. The van der Waals surface area contributed by atoms with Gasteiger partial charge in [0.2, 0.25) is 0 Å². The van der Waals surface area contributed by atoms with Crippen LogP contribution in [0.25, 0.3) is 0 Å². The lowest BCUT2D eigenvalue weighted by atomic mass is 9.61. The molecule has 1 aliphatic carbocycles. The van der Waals surface area contributed by atoms with Crippen LogP contribution < -0.4 is 0 Å². The van der Waals surface area contributed by atoms with E-state index in [1.807, 2.05) is 6.92 Å². The van der Waals surface area contributed by atoms with Crippen LogP contribution in [-0.4, -0.2) is 19.5 Å². The zero-order chi connectivity index (χ0) is 15.0. The largest absolute Gasteiger partial charge is 0.356 e. The first-order chi connectivity index (χ1) is 9.29. The van der Waals surface area contributed by atoms with Crippen molar-refractivity contribution in [2.75, 3.05) is 13.4 Å². The van der Waals surface area contributed by atoms with Gasteiger partial charge >= 0.3 is 0 Å². The zero-order valence-corrected chi connectivity index (χ0v) is 14.7. The number of fused-ring (bicyclic) bond motifs is 1. The molecule has 3 heteroatoms. The predicted octanol–water partition coefficient (Wildman–Crippen LogP) is 4.79. The summed E-state index contributed by atoms with van der Waals surface area (Å²) in [5, 5.41) is 0. The third-order valence-corrected chi connectivity index (χ3v) is 4.96. The standard InChI is InChI=1S/C17H25BrO2/c1-6-19-11-20-15-10-16(2,3)13-8-7-12(18)9-14(13)17(15,4)5/h7-9,15H,6,10-11H2,1-5H3. The molecule has 1 unspecified atom stereocenters. The number of ether oxygens (including phenoxy) is 2. The molecule has 112 valence electrons. The van der Waals surface area contributed by atoms with Gasteiger partial charge in [0, 0.05) is 16.5 Å². The van der Waals surface area contributed by atoms with E-state index in [-0.39, 0.29) is 16.9 Å². The van der Waals surface area contributed by atoms with Gasteiger partial charge in [0.1, 0.15) is 6.79 Å². The average Bonchev–Trinajstić information content (AvgIpc) is 2.36. The first kappa shape index (κ1) is 16.0. The van der Waals surface area contributed by atoms with Gasteiger partial charge in [0.15, 0.2) is 0 Å². The van der Waals surface area contributed by atoms with E-state index >= 15 is 0 Å². The van der Waals surface area contributed by atoms with Crippen molar-refractivity contribution in [1.29, 1.82) is 0 Å². The first-order valence-corrected chi connectivity index (χ1v) is 8.08. The number of rotatable bonds is 4. The van der Waals surface area contributed by atoms with Crippen molar-refractivity contribution < 1.29 is 9.47 Å². The molecule has 0 radical (unpaired) electrons. The maximum Gasteiger partial charge on any atom is 0.147 e. The second kappa shape index (κ2) is 5.78. The highest BCUT2D eigenvalue weighted by Gasteiger charge is 2.44. The van der Waals surface area contributed by atoms with Crippen LogP contribution >= 0.6 is 15.9 Å². The molecule has 1 aliphatic rings. The fourth-order valence-corrected chi connectivity index (χ4v) is 3.48. The number of hydrogen-bond acceptors (Lipinski definition) is 2. The molecular formula is C17H25BrO2. The van der Waals surface area contributed by atoms with Crippen molar-refractivity contribution in [3.8, 4) is 0 Å². The third-order valence-electron chi connectivity index (χ3n) is 4.46. The van der Waals surface area contributed by atoms with E-state index in [4.69, 9.17) is 9.47 Å². The highest BCUT2D eigenvalue weighted by Crippen LogP contribution is 2.47. The lowest BCUT2D eigenvalue weighted by Crippen LogP contribution is -2.46. The van der Waals surface area contributed by atoms with Crippen molar-refractivity contribution in [2.24, 2.45) is 0 Å². The van der Waals surface area contributed by atoms with Gasteiger partial charge in [-0.15, -0.1) is 0 Å². The van der Waals surface area contributed by atoms with Gasteiger partial charge in [-0.05, 0) is 42.0 Å². The molecule has 20 heavy (non-hydrogen) atoms. The summed E-state index contributed by atoms with van der Waals surface area (Å²) in [5.41, 5.74) is 2.93. The topological polar surface area (TPSA) is 18.5 Å². The number of benzene rings is 1. The van der Waals surface area contributed by atoms with E-state index in [2.05, 4.69) is 61.8 Å². The van der Waals surface area contributed by atoms with Crippen LogP contribution in [0.3, 0.4) is 0 Å². The van der Waals surface area contributed by atoms with Crippen LogP contribution in [0.1, 0.15) is 52.2 Å². The van der Waals surface area contributed by atoms with Gasteiger partial charge in [-0.3, -0.25) is 0 Å². The van der Waals surface area contributed by atoms with E-state index in [9.17, 15) is 0 Å². The summed E-state index contributed by atoms with van der Waals surface area (Å²) in [5.74, 6) is 0. The molecule has 0 aliphatic heterocycles. The fourth-order valence-electron chi connectivity index (χ4n) is 3.12. The van der Waals surface area contributed by atoms with Crippen LogP contribution in [0.4, 0.5) is 0 Å².